The van der Waals surface area contributed by atoms with Gasteiger partial charge in [-0.1, -0.05) is 26.0 Å². The van der Waals surface area contributed by atoms with Crippen LogP contribution in [0.1, 0.15) is 25.3 Å². The summed E-state index contributed by atoms with van der Waals surface area (Å²) < 4.78 is 34.0. The zero-order valence-corrected chi connectivity index (χ0v) is 17.1. The first kappa shape index (κ1) is 20.7. The van der Waals surface area contributed by atoms with Crippen LogP contribution in [-0.4, -0.2) is 42.8 Å². The molecule has 0 unspecified atom stereocenters. The zero-order valence-electron chi connectivity index (χ0n) is 16.3. The molecule has 29 heavy (non-hydrogen) atoms. The number of carbonyl (C=O) groups excluding carboxylic acids is 1. The quantitative estimate of drug-likeness (QED) is 0.558. The van der Waals surface area contributed by atoms with Crippen molar-refractivity contribution in [2.24, 2.45) is 0 Å². The van der Waals surface area contributed by atoms with Crippen LogP contribution in [0.15, 0.2) is 54.9 Å². The lowest BCUT2D eigenvalue weighted by Crippen LogP contribution is -2.34. The third-order valence-electron chi connectivity index (χ3n) is 4.28. The summed E-state index contributed by atoms with van der Waals surface area (Å²) in [6.45, 7) is 4.01. The Morgan fingerprint density at radius 1 is 1.17 bits per heavy atom. The van der Waals surface area contributed by atoms with E-state index in [0.717, 1.165) is 5.52 Å². The third-order valence-corrected chi connectivity index (χ3v) is 5.57. The molecule has 0 aliphatic rings. The molecule has 0 aliphatic carbocycles. The van der Waals surface area contributed by atoms with E-state index in [-0.39, 0.29) is 24.8 Å². The number of rotatable bonds is 9. The first-order valence-corrected chi connectivity index (χ1v) is 10.9. The monoisotopic (exact) mass is 416 g/mol. The summed E-state index contributed by atoms with van der Waals surface area (Å²) in [4.78, 5) is 11.9. The molecule has 0 spiro atoms. The second kappa shape index (κ2) is 8.95. The SMILES string of the molecule is CC(C)c1ccc(OCC(=O)NCCS(=O)(=O)Nc2ccn3nccc3c2)cc1. The highest BCUT2D eigenvalue weighted by Crippen LogP contribution is 2.18. The van der Waals surface area contributed by atoms with Crippen LogP contribution in [0.3, 0.4) is 0 Å². The van der Waals surface area contributed by atoms with Gasteiger partial charge < -0.3 is 10.1 Å². The van der Waals surface area contributed by atoms with E-state index < -0.39 is 10.0 Å². The Hall–Kier alpha value is -3.07. The highest BCUT2D eigenvalue weighted by Gasteiger charge is 2.12. The van der Waals surface area contributed by atoms with Crippen LogP contribution in [0.4, 0.5) is 5.69 Å². The number of anilines is 1. The van der Waals surface area contributed by atoms with E-state index in [1.54, 1.807) is 35.1 Å². The Morgan fingerprint density at radius 2 is 1.93 bits per heavy atom. The van der Waals surface area contributed by atoms with Crippen LogP contribution in [0, 0.1) is 0 Å². The smallest absolute Gasteiger partial charge is 0.257 e. The molecule has 8 nitrogen and oxygen atoms in total. The number of nitrogens with zero attached hydrogens (tertiary/aromatic N) is 2. The van der Waals surface area contributed by atoms with Gasteiger partial charge in [-0.05, 0) is 41.8 Å². The van der Waals surface area contributed by atoms with Gasteiger partial charge in [-0.15, -0.1) is 0 Å². The van der Waals surface area contributed by atoms with Gasteiger partial charge in [0.1, 0.15) is 5.75 Å². The second-order valence-corrected chi connectivity index (χ2v) is 8.74. The molecule has 1 amide bonds. The summed E-state index contributed by atoms with van der Waals surface area (Å²) in [7, 11) is -3.60. The Kier molecular flexibility index (Phi) is 6.38. The average molecular weight is 417 g/mol. The van der Waals surface area contributed by atoms with Gasteiger partial charge in [0.2, 0.25) is 10.0 Å². The van der Waals surface area contributed by atoms with Crippen LogP contribution < -0.4 is 14.8 Å². The topological polar surface area (TPSA) is 102 Å². The van der Waals surface area contributed by atoms with Gasteiger partial charge in [0.15, 0.2) is 6.61 Å². The molecule has 0 fully saturated rings. The maximum Gasteiger partial charge on any atom is 0.257 e. The summed E-state index contributed by atoms with van der Waals surface area (Å²) >= 11 is 0. The molecule has 0 bridgehead atoms. The van der Waals surface area contributed by atoms with Gasteiger partial charge in [-0.25, -0.2) is 12.9 Å². The molecule has 0 saturated heterocycles. The van der Waals surface area contributed by atoms with E-state index in [1.807, 2.05) is 24.3 Å². The Morgan fingerprint density at radius 3 is 2.66 bits per heavy atom. The van der Waals surface area contributed by atoms with Gasteiger partial charge in [0, 0.05) is 18.9 Å². The minimum absolute atomic E-state index is 0.0151. The predicted molar refractivity (Wildman–Crippen MR) is 112 cm³/mol. The second-order valence-electron chi connectivity index (χ2n) is 6.90. The number of ether oxygens (including phenoxy) is 1. The summed E-state index contributed by atoms with van der Waals surface area (Å²) in [6.07, 6.45) is 3.30. The molecule has 3 aromatic rings. The van der Waals surface area contributed by atoms with Gasteiger partial charge >= 0.3 is 0 Å². The Bertz CT molecular complexity index is 1080. The number of hydrogen-bond acceptors (Lipinski definition) is 5. The van der Waals surface area contributed by atoms with Crippen molar-refractivity contribution in [1.82, 2.24) is 14.9 Å². The van der Waals surface area contributed by atoms with Gasteiger partial charge in [0.05, 0.1) is 17.0 Å². The number of aromatic nitrogens is 2. The van der Waals surface area contributed by atoms with E-state index in [9.17, 15) is 13.2 Å². The molecule has 0 atom stereocenters. The molecule has 2 N–H and O–H groups in total. The van der Waals surface area contributed by atoms with Crippen molar-refractivity contribution < 1.29 is 17.9 Å². The highest BCUT2D eigenvalue weighted by atomic mass is 32.2. The number of amides is 1. The number of benzene rings is 1. The molecule has 2 aromatic heterocycles. The van der Waals surface area contributed by atoms with Crippen molar-refractivity contribution in [3.05, 3.63) is 60.4 Å². The standard InChI is InChI=1S/C20H24N4O4S/c1-15(2)16-3-5-19(6-4-16)28-14-20(25)21-10-12-29(26,27)23-17-8-11-24-18(13-17)7-9-22-24/h3-9,11,13,15,23H,10,12,14H2,1-2H3,(H,21,25). The normalized spacial score (nSPS) is 11.6. The predicted octanol–water partition coefficient (Wildman–Crippen LogP) is 2.39. The van der Waals surface area contributed by atoms with Gasteiger partial charge in [0.25, 0.3) is 5.91 Å². The van der Waals surface area contributed by atoms with Gasteiger partial charge in [-0.3, -0.25) is 9.52 Å². The Labute approximate surface area is 169 Å². The molecule has 3 rings (SSSR count). The number of hydrogen-bond donors (Lipinski definition) is 2. The van der Waals surface area contributed by atoms with Crippen LogP contribution in [0.25, 0.3) is 5.52 Å². The lowest BCUT2D eigenvalue weighted by Gasteiger charge is -2.11. The van der Waals surface area contributed by atoms with Crippen LogP contribution >= 0.6 is 0 Å². The van der Waals surface area contributed by atoms with Crippen molar-refractivity contribution in [3.63, 3.8) is 0 Å². The van der Waals surface area contributed by atoms with Crippen molar-refractivity contribution in [1.29, 1.82) is 0 Å². The molecule has 0 saturated carbocycles. The summed E-state index contributed by atoms with van der Waals surface area (Å²) in [6, 6.07) is 12.6. The van der Waals surface area contributed by atoms with E-state index in [1.165, 1.54) is 5.56 Å². The van der Waals surface area contributed by atoms with Crippen molar-refractivity contribution in [2.75, 3.05) is 23.6 Å². The van der Waals surface area contributed by atoms with Crippen molar-refractivity contribution in [2.45, 2.75) is 19.8 Å². The molecule has 2 heterocycles. The fraction of sp³-hybridized carbons (Fsp3) is 0.300. The fourth-order valence-corrected chi connectivity index (χ4v) is 3.65. The lowest BCUT2D eigenvalue weighted by atomic mass is 10.0. The van der Waals surface area contributed by atoms with Crippen molar-refractivity contribution >= 4 is 27.1 Å². The molecule has 9 heteroatoms. The molecule has 1 aromatic carbocycles. The highest BCUT2D eigenvalue weighted by molar-refractivity contribution is 7.92. The van der Waals surface area contributed by atoms with Crippen molar-refractivity contribution in [3.8, 4) is 5.75 Å². The number of fused-ring (bicyclic) bond motifs is 1. The first-order valence-electron chi connectivity index (χ1n) is 9.26. The minimum atomic E-state index is -3.60. The van der Waals surface area contributed by atoms with E-state index in [0.29, 0.717) is 17.4 Å². The number of pyridine rings is 1. The number of sulfonamides is 1. The maximum atomic E-state index is 12.2. The van der Waals surface area contributed by atoms with E-state index in [4.69, 9.17) is 4.74 Å². The first-order chi connectivity index (χ1) is 13.8. The maximum absolute atomic E-state index is 12.2. The van der Waals surface area contributed by atoms with Crippen LogP contribution in [0.5, 0.6) is 5.75 Å². The number of carbonyl (C=O) groups is 1. The molecular weight excluding hydrogens is 392 g/mol. The zero-order chi connectivity index (χ0) is 20.9. The van der Waals surface area contributed by atoms with E-state index >= 15 is 0 Å². The molecular formula is C20H24N4O4S. The molecule has 0 radical (unpaired) electrons. The van der Waals surface area contributed by atoms with E-state index in [2.05, 4.69) is 29.0 Å². The van der Waals surface area contributed by atoms with Crippen LogP contribution in [-0.2, 0) is 14.8 Å². The minimum Gasteiger partial charge on any atom is -0.484 e. The molecule has 0 aliphatic heterocycles. The average Bonchev–Trinajstić information content (AvgIpc) is 3.14. The summed E-state index contributed by atoms with van der Waals surface area (Å²) in [5, 5.41) is 6.61. The number of nitrogens with one attached hydrogen (secondary N) is 2. The summed E-state index contributed by atoms with van der Waals surface area (Å²) in [5.41, 5.74) is 2.40. The fourth-order valence-electron chi connectivity index (χ4n) is 2.69. The van der Waals surface area contributed by atoms with Gasteiger partial charge in [-0.2, -0.15) is 5.10 Å². The Balaban J connectivity index is 1.42. The third kappa shape index (κ3) is 5.95. The largest absolute Gasteiger partial charge is 0.484 e. The summed E-state index contributed by atoms with van der Waals surface area (Å²) in [5.74, 6) is 0.388. The van der Waals surface area contributed by atoms with Crippen LogP contribution in [0.2, 0.25) is 0 Å². The lowest BCUT2D eigenvalue weighted by molar-refractivity contribution is -0.122. The molecule has 154 valence electrons.